The first kappa shape index (κ1) is 16.8. The summed E-state index contributed by atoms with van der Waals surface area (Å²) in [5, 5.41) is 1.01. The summed E-state index contributed by atoms with van der Waals surface area (Å²) in [5.74, 6) is 2.56. The molecule has 3 heteroatoms. The molecule has 1 aliphatic rings. The molecule has 1 fully saturated rings. The number of aryl methyl sites for hydroxylation is 2. The van der Waals surface area contributed by atoms with E-state index in [1.165, 1.54) is 24.0 Å². The van der Waals surface area contributed by atoms with Gasteiger partial charge in [-0.25, -0.2) is 0 Å². The zero-order valence-corrected chi connectivity index (χ0v) is 15.3. The highest BCUT2D eigenvalue weighted by Crippen LogP contribution is 2.33. The predicted molar refractivity (Wildman–Crippen MR) is 104 cm³/mol. The third-order valence-electron chi connectivity index (χ3n) is 5.08. The van der Waals surface area contributed by atoms with Crippen LogP contribution in [-0.4, -0.2) is 10.8 Å². The van der Waals surface area contributed by atoms with Crippen LogP contribution < -0.4 is 4.74 Å². The van der Waals surface area contributed by atoms with E-state index < -0.39 is 0 Å². The standard InChI is InChI=1S/C23H23NO2/c1-15-11-21-22(12-16(15)2)24-10-9-23(21)26-20-7-5-18(6-8-20)14-19(25)13-17-3-4-17/h5-12,17H,3-4,13-14H2,1-2H3. The normalized spacial score (nSPS) is 13.8. The molecular formula is C23H23NO2. The average Bonchev–Trinajstić information content (AvgIpc) is 3.42. The molecule has 0 N–H and O–H groups in total. The highest BCUT2D eigenvalue weighted by molar-refractivity contribution is 5.86. The monoisotopic (exact) mass is 345 g/mol. The highest BCUT2D eigenvalue weighted by Gasteiger charge is 2.24. The number of carbonyl (C=O) groups is 1. The summed E-state index contributed by atoms with van der Waals surface area (Å²) < 4.78 is 6.10. The number of hydrogen-bond donors (Lipinski definition) is 0. The van der Waals surface area contributed by atoms with Crippen LogP contribution in [0.4, 0.5) is 0 Å². The van der Waals surface area contributed by atoms with Crippen LogP contribution in [0.1, 0.15) is 36.0 Å². The van der Waals surface area contributed by atoms with Crippen molar-refractivity contribution in [1.29, 1.82) is 0 Å². The van der Waals surface area contributed by atoms with Gasteiger partial charge in [-0.2, -0.15) is 0 Å². The van der Waals surface area contributed by atoms with E-state index in [1.807, 2.05) is 30.3 Å². The van der Waals surface area contributed by atoms with Crippen LogP contribution >= 0.6 is 0 Å². The van der Waals surface area contributed by atoms with Crippen molar-refractivity contribution in [3.05, 3.63) is 65.4 Å². The highest BCUT2D eigenvalue weighted by atomic mass is 16.5. The Morgan fingerprint density at radius 1 is 1.08 bits per heavy atom. The molecule has 26 heavy (non-hydrogen) atoms. The lowest BCUT2D eigenvalue weighted by Gasteiger charge is -2.11. The zero-order chi connectivity index (χ0) is 18.1. The van der Waals surface area contributed by atoms with Gasteiger partial charge in [0.15, 0.2) is 0 Å². The summed E-state index contributed by atoms with van der Waals surface area (Å²) in [7, 11) is 0. The summed E-state index contributed by atoms with van der Waals surface area (Å²) in [6.07, 6.45) is 5.47. The van der Waals surface area contributed by atoms with E-state index >= 15 is 0 Å². The summed E-state index contributed by atoms with van der Waals surface area (Å²) in [6, 6.07) is 14.0. The quantitative estimate of drug-likeness (QED) is 0.587. The molecule has 1 heterocycles. The molecule has 3 nitrogen and oxygen atoms in total. The minimum absolute atomic E-state index is 0.340. The molecule has 0 atom stereocenters. The van der Waals surface area contributed by atoms with E-state index in [-0.39, 0.29) is 0 Å². The van der Waals surface area contributed by atoms with Gasteiger partial charge in [0, 0.05) is 24.4 Å². The van der Waals surface area contributed by atoms with Crippen LogP contribution in [-0.2, 0) is 11.2 Å². The van der Waals surface area contributed by atoms with Gasteiger partial charge in [0.1, 0.15) is 17.3 Å². The number of aromatic nitrogens is 1. The fraction of sp³-hybridized carbons (Fsp3) is 0.304. The number of nitrogens with zero attached hydrogens (tertiary/aromatic N) is 1. The second kappa shape index (κ2) is 6.91. The molecule has 0 aliphatic heterocycles. The molecule has 1 aliphatic carbocycles. The molecule has 4 rings (SSSR count). The molecule has 0 bridgehead atoms. The van der Waals surface area contributed by atoms with E-state index in [0.29, 0.717) is 18.1 Å². The van der Waals surface area contributed by atoms with Crippen molar-refractivity contribution in [3.63, 3.8) is 0 Å². The third-order valence-corrected chi connectivity index (χ3v) is 5.08. The maximum Gasteiger partial charge on any atom is 0.138 e. The number of ether oxygens (including phenoxy) is 1. The summed E-state index contributed by atoms with van der Waals surface area (Å²) in [6.45, 7) is 4.19. The Morgan fingerprint density at radius 3 is 2.54 bits per heavy atom. The molecule has 1 saturated carbocycles. The number of benzene rings is 2. The first-order valence-corrected chi connectivity index (χ1v) is 9.23. The second-order valence-electron chi connectivity index (χ2n) is 7.37. The Morgan fingerprint density at radius 2 is 1.81 bits per heavy atom. The first-order valence-electron chi connectivity index (χ1n) is 9.23. The van der Waals surface area contributed by atoms with Crippen molar-refractivity contribution < 1.29 is 9.53 Å². The molecule has 3 aromatic rings. The van der Waals surface area contributed by atoms with E-state index in [9.17, 15) is 4.79 Å². The minimum atomic E-state index is 0.340. The van der Waals surface area contributed by atoms with E-state index in [4.69, 9.17) is 4.74 Å². The van der Waals surface area contributed by atoms with E-state index in [1.54, 1.807) is 6.20 Å². The SMILES string of the molecule is Cc1cc2nccc(Oc3ccc(CC(=O)CC4CC4)cc3)c2cc1C. The van der Waals surface area contributed by atoms with Crippen molar-refractivity contribution in [2.45, 2.75) is 39.5 Å². The molecule has 132 valence electrons. The molecule has 0 saturated heterocycles. The summed E-state index contributed by atoms with van der Waals surface area (Å²) in [5.41, 5.74) is 4.43. The fourth-order valence-electron chi connectivity index (χ4n) is 3.22. The van der Waals surface area contributed by atoms with Gasteiger partial charge in [-0.05, 0) is 79.6 Å². The van der Waals surface area contributed by atoms with Gasteiger partial charge in [0.05, 0.1) is 5.52 Å². The van der Waals surface area contributed by atoms with Gasteiger partial charge < -0.3 is 4.74 Å². The number of fused-ring (bicyclic) bond motifs is 1. The lowest BCUT2D eigenvalue weighted by Crippen LogP contribution is -2.03. The lowest BCUT2D eigenvalue weighted by molar-refractivity contribution is -0.118. The van der Waals surface area contributed by atoms with Gasteiger partial charge in [-0.15, -0.1) is 0 Å². The van der Waals surface area contributed by atoms with Crippen LogP contribution in [0.2, 0.25) is 0 Å². The smallest absolute Gasteiger partial charge is 0.138 e. The van der Waals surface area contributed by atoms with Gasteiger partial charge >= 0.3 is 0 Å². The molecule has 0 unspecified atom stereocenters. The molecule has 0 radical (unpaired) electrons. The van der Waals surface area contributed by atoms with Crippen molar-refractivity contribution >= 4 is 16.7 Å². The minimum Gasteiger partial charge on any atom is -0.457 e. The maximum absolute atomic E-state index is 12.0. The first-order chi connectivity index (χ1) is 12.6. The number of carbonyl (C=O) groups excluding carboxylic acids is 1. The van der Waals surface area contributed by atoms with E-state index in [0.717, 1.165) is 34.4 Å². The van der Waals surface area contributed by atoms with Crippen LogP contribution in [0.15, 0.2) is 48.7 Å². The summed E-state index contributed by atoms with van der Waals surface area (Å²) >= 11 is 0. The van der Waals surface area contributed by atoms with Gasteiger partial charge in [0.25, 0.3) is 0 Å². The Labute approximate surface area is 154 Å². The number of rotatable bonds is 6. The Hall–Kier alpha value is -2.68. The van der Waals surface area contributed by atoms with E-state index in [2.05, 4.69) is 31.0 Å². The fourth-order valence-corrected chi connectivity index (χ4v) is 3.22. The Balaban J connectivity index is 1.51. The summed E-state index contributed by atoms with van der Waals surface area (Å²) in [4.78, 5) is 16.4. The van der Waals surface area contributed by atoms with Crippen molar-refractivity contribution in [3.8, 4) is 11.5 Å². The van der Waals surface area contributed by atoms with Crippen molar-refractivity contribution in [2.75, 3.05) is 0 Å². The van der Waals surface area contributed by atoms with Gasteiger partial charge in [-0.3, -0.25) is 9.78 Å². The van der Waals surface area contributed by atoms with Crippen molar-refractivity contribution in [1.82, 2.24) is 4.98 Å². The maximum atomic E-state index is 12.0. The number of ketones is 1. The Bertz CT molecular complexity index is 956. The number of pyridine rings is 1. The predicted octanol–water partition coefficient (Wildman–Crippen LogP) is 5.56. The third kappa shape index (κ3) is 3.77. The van der Waals surface area contributed by atoms with Crippen LogP contribution in [0, 0.1) is 19.8 Å². The molecule has 0 spiro atoms. The number of Topliss-reactive ketones (excluding diaryl/α,β-unsaturated/α-hetero) is 1. The molecule has 0 amide bonds. The molecule has 2 aromatic carbocycles. The topological polar surface area (TPSA) is 39.2 Å². The van der Waals surface area contributed by atoms with Gasteiger partial charge in [-0.1, -0.05) is 12.1 Å². The second-order valence-corrected chi connectivity index (χ2v) is 7.37. The Kier molecular flexibility index (Phi) is 4.46. The van der Waals surface area contributed by atoms with Crippen LogP contribution in [0.5, 0.6) is 11.5 Å². The van der Waals surface area contributed by atoms with Crippen LogP contribution in [0.3, 0.4) is 0 Å². The molecule has 1 aromatic heterocycles. The molecular weight excluding hydrogens is 322 g/mol. The zero-order valence-electron chi connectivity index (χ0n) is 15.3. The average molecular weight is 345 g/mol. The largest absolute Gasteiger partial charge is 0.457 e. The van der Waals surface area contributed by atoms with Crippen molar-refractivity contribution in [2.24, 2.45) is 5.92 Å². The van der Waals surface area contributed by atoms with Gasteiger partial charge in [0.2, 0.25) is 0 Å². The van der Waals surface area contributed by atoms with Crippen LogP contribution in [0.25, 0.3) is 10.9 Å². The number of hydrogen-bond acceptors (Lipinski definition) is 3. The lowest BCUT2D eigenvalue weighted by atomic mass is 10.0.